The highest BCUT2D eigenvalue weighted by atomic mass is 19.2. The van der Waals surface area contributed by atoms with Gasteiger partial charge in [-0.15, -0.1) is 6.58 Å². The standard InChI is InChI=1S/C29H35F3O2.C2H6/c1-3-5-7-8-19-10-12-20(13-11-19)18-33-24-17-23-16-22-15-14-21(9-6-4-2)25(30)28(22)34-29(23)27(32)26(24)31;1-2/h4,14-15,17,19-20H,2-3,5-13,16,18H2,1H3;1-2H3. The Labute approximate surface area is 214 Å². The van der Waals surface area contributed by atoms with Gasteiger partial charge in [0.1, 0.15) is 0 Å². The van der Waals surface area contributed by atoms with Gasteiger partial charge in [-0.1, -0.05) is 77.5 Å². The van der Waals surface area contributed by atoms with Crippen LogP contribution in [0.15, 0.2) is 30.9 Å². The van der Waals surface area contributed by atoms with Crippen LogP contribution in [0.5, 0.6) is 17.2 Å². The predicted molar refractivity (Wildman–Crippen MR) is 141 cm³/mol. The predicted octanol–water partition coefficient (Wildman–Crippen LogP) is 9.71. The topological polar surface area (TPSA) is 18.5 Å². The number of unbranched alkanes of at least 4 members (excludes halogenated alkanes) is 2. The summed E-state index contributed by atoms with van der Waals surface area (Å²) in [6.07, 6.45) is 12.7. The Morgan fingerprint density at radius 2 is 1.64 bits per heavy atom. The lowest BCUT2D eigenvalue weighted by Crippen LogP contribution is -2.20. The van der Waals surface area contributed by atoms with Gasteiger partial charge in [-0.25, -0.2) is 4.39 Å². The normalized spacial score (nSPS) is 18.3. The van der Waals surface area contributed by atoms with Crippen LogP contribution in [0.2, 0.25) is 0 Å². The van der Waals surface area contributed by atoms with Crippen LogP contribution in [0.3, 0.4) is 0 Å². The molecule has 1 heterocycles. The molecule has 5 heteroatoms. The average molecular weight is 503 g/mol. The van der Waals surface area contributed by atoms with Crippen LogP contribution < -0.4 is 9.47 Å². The Bertz CT molecular complexity index is 1010. The van der Waals surface area contributed by atoms with Crippen LogP contribution in [-0.4, -0.2) is 6.61 Å². The molecule has 0 radical (unpaired) electrons. The summed E-state index contributed by atoms with van der Waals surface area (Å²) in [5.74, 6) is -1.91. The number of ether oxygens (including phenoxy) is 2. The first-order chi connectivity index (χ1) is 17.5. The third-order valence-electron chi connectivity index (χ3n) is 7.32. The number of fused-ring (bicyclic) bond motifs is 2. The molecule has 1 saturated carbocycles. The molecule has 2 nitrogen and oxygen atoms in total. The highest BCUT2D eigenvalue weighted by Gasteiger charge is 2.29. The fraction of sp³-hybridized carbons (Fsp3) is 0.548. The molecule has 0 N–H and O–H groups in total. The quantitative estimate of drug-likeness (QED) is 0.203. The molecule has 2 aromatic carbocycles. The van der Waals surface area contributed by atoms with E-state index in [0.29, 0.717) is 42.1 Å². The number of aryl methyl sites for hydroxylation is 1. The van der Waals surface area contributed by atoms with Gasteiger partial charge in [0.25, 0.3) is 0 Å². The maximum atomic E-state index is 14.9. The van der Waals surface area contributed by atoms with Crippen molar-refractivity contribution in [1.82, 2.24) is 0 Å². The van der Waals surface area contributed by atoms with Gasteiger partial charge in [-0.05, 0) is 49.1 Å². The molecular weight excluding hydrogens is 461 g/mol. The van der Waals surface area contributed by atoms with Gasteiger partial charge in [0.2, 0.25) is 11.6 Å². The molecule has 1 fully saturated rings. The molecule has 0 saturated heterocycles. The molecule has 2 aliphatic rings. The first kappa shape index (κ1) is 28.1. The van der Waals surface area contributed by atoms with Crippen molar-refractivity contribution in [2.45, 2.75) is 91.4 Å². The van der Waals surface area contributed by atoms with E-state index in [1.807, 2.05) is 13.8 Å². The Hall–Kier alpha value is -2.43. The lowest BCUT2D eigenvalue weighted by molar-refractivity contribution is 0.172. The average Bonchev–Trinajstić information content (AvgIpc) is 2.91. The minimum Gasteiger partial charge on any atom is -0.490 e. The molecule has 0 atom stereocenters. The molecule has 0 amide bonds. The second kappa shape index (κ2) is 13.8. The van der Waals surface area contributed by atoms with E-state index in [0.717, 1.165) is 18.8 Å². The maximum Gasteiger partial charge on any atom is 0.205 e. The summed E-state index contributed by atoms with van der Waals surface area (Å²) in [4.78, 5) is 0. The van der Waals surface area contributed by atoms with E-state index in [4.69, 9.17) is 9.47 Å². The summed E-state index contributed by atoms with van der Waals surface area (Å²) in [6.45, 7) is 10.3. The Morgan fingerprint density at radius 3 is 2.33 bits per heavy atom. The summed E-state index contributed by atoms with van der Waals surface area (Å²) in [6, 6.07) is 5.03. The summed E-state index contributed by atoms with van der Waals surface area (Å²) in [7, 11) is 0. The summed E-state index contributed by atoms with van der Waals surface area (Å²) in [5.41, 5.74) is 1.56. The largest absolute Gasteiger partial charge is 0.490 e. The first-order valence-electron chi connectivity index (χ1n) is 13.7. The minimum atomic E-state index is -1.12. The van der Waals surface area contributed by atoms with Crippen molar-refractivity contribution in [2.75, 3.05) is 6.61 Å². The van der Waals surface area contributed by atoms with E-state index < -0.39 is 17.5 Å². The lowest BCUT2D eigenvalue weighted by atomic mass is 9.80. The number of halogens is 3. The van der Waals surface area contributed by atoms with Crippen molar-refractivity contribution >= 4 is 0 Å². The Balaban J connectivity index is 0.00000176. The highest BCUT2D eigenvalue weighted by molar-refractivity contribution is 5.54. The lowest BCUT2D eigenvalue weighted by Gasteiger charge is -2.29. The smallest absolute Gasteiger partial charge is 0.205 e. The number of benzene rings is 2. The Kier molecular flexibility index (Phi) is 10.8. The summed E-state index contributed by atoms with van der Waals surface area (Å²) in [5, 5.41) is 0. The number of hydrogen-bond acceptors (Lipinski definition) is 2. The van der Waals surface area contributed by atoms with E-state index in [1.54, 1.807) is 18.2 Å². The molecule has 1 aliphatic carbocycles. The minimum absolute atomic E-state index is 0.0169. The van der Waals surface area contributed by atoms with Crippen LogP contribution in [0.4, 0.5) is 13.2 Å². The fourth-order valence-electron chi connectivity index (χ4n) is 5.20. The molecule has 0 aromatic heterocycles. The monoisotopic (exact) mass is 502 g/mol. The van der Waals surface area contributed by atoms with Gasteiger partial charge >= 0.3 is 0 Å². The van der Waals surface area contributed by atoms with Crippen molar-refractivity contribution in [3.8, 4) is 17.2 Å². The van der Waals surface area contributed by atoms with Crippen LogP contribution in [0, 0.1) is 29.3 Å². The van der Waals surface area contributed by atoms with Gasteiger partial charge < -0.3 is 9.47 Å². The molecule has 4 rings (SSSR count). The third kappa shape index (κ3) is 6.66. The zero-order chi connectivity index (χ0) is 26.1. The zero-order valence-electron chi connectivity index (χ0n) is 22.1. The molecule has 0 unspecified atom stereocenters. The number of hydrogen-bond donors (Lipinski definition) is 0. The van der Waals surface area contributed by atoms with Crippen LogP contribution in [0.1, 0.15) is 95.2 Å². The van der Waals surface area contributed by atoms with Gasteiger partial charge in [0.15, 0.2) is 23.1 Å². The van der Waals surface area contributed by atoms with E-state index in [9.17, 15) is 13.2 Å². The van der Waals surface area contributed by atoms with Gasteiger partial charge in [-0.2, -0.15) is 8.78 Å². The zero-order valence-corrected chi connectivity index (χ0v) is 22.1. The van der Waals surface area contributed by atoms with Gasteiger partial charge in [0.05, 0.1) is 6.61 Å². The number of allylic oxidation sites excluding steroid dienone is 1. The van der Waals surface area contributed by atoms with Gasteiger partial charge in [-0.3, -0.25) is 0 Å². The second-order valence-electron chi connectivity index (χ2n) is 9.82. The van der Waals surface area contributed by atoms with Gasteiger partial charge in [0, 0.05) is 17.5 Å². The van der Waals surface area contributed by atoms with E-state index >= 15 is 0 Å². The number of rotatable bonds is 10. The van der Waals surface area contributed by atoms with E-state index in [2.05, 4.69) is 13.5 Å². The molecule has 198 valence electrons. The van der Waals surface area contributed by atoms with Crippen LogP contribution in [0.25, 0.3) is 0 Å². The third-order valence-corrected chi connectivity index (χ3v) is 7.32. The molecule has 0 bridgehead atoms. The van der Waals surface area contributed by atoms with Crippen molar-refractivity contribution < 1.29 is 22.6 Å². The summed E-state index contributed by atoms with van der Waals surface area (Å²) < 4.78 is 56.0. The molecule has 1 aliphatic heterocycles. The molecule has 0 spiro atoms. The Morgan fingerprint density at radius 1 is 0.944 bits per heavy atom. The fourth-order valence-corrected chi connectivity index (χ4v) is 5.20. The highest BCUT2D eigenvalue weighted by Crippen LogP contribution is 2.44. The molecular formula is C31H41F3O2. The van der Waals surface area contributed by atoms with Crippen molar-refractivity contribution in [1.29, 1.82) is 0 Å². The summed E-state index contributed by atoms with van der Waals surface area (Å²) >= 11 is 0. The molecule has 2 aromatic rings. The van der Waals surface area contributed by atoms with E-state index in [1.165, 1.54) is 44.6 Å². The maximum absolute atomic E-state index is 14.9. The van der Waals surface area contributed by atoms with E-state index in [-0.39, 0.29) is 23.7 Å². The first-order valence-corrected chi connectivity index (χ1v) is 13.7. The second-order valence-corrected chi connectivity index (χ2v) is 9.82. The van der Waals surface area contributed by atoms with Crippen molar-refractivity contribution in [2.24, 2.45) is 11.8 Å². The SMILES string of the molecule is C=CCCc1ccc2c(c1F)Oc1c(cc(OCC3CCC(CCCCC)CC3)c(F)c1F)C2.CC. The molecule has 36 heavy (non-hydrogen) atoms. The van der Waals surface area contributed by atoms with Crippen LogP contribution >= 0.6 is 0 Å². The van der Waals surface area contributed by atoms with Crippen molar-refractivity contribution in [3.63, 3.8) is 0 Å². The van der Waals surface area contributed by atoms with Crippen molar-refractivity contribution in [3.05, 3.63) is 65.0 Å². The van der Waals surface area contributed by atoms with Crippen LogP contribution in [-0.2, 0) is 12.8 Å².